The Kier molecular flexibility index (Phi) is 4.30. The lowest BCUT2D eigenvalue weighted by molar-refractivity contribution is 0.223. The van der Waals surface area contributed by atoms with E-state index in [1.807, 2.05) is 24.1 Å². The van der Waals surface area contributed by atoms with Crippen LogP contribution in [0, 0.1) is 0 Å². The summed E-state index contributed by atoms with van der Waals surface area (Å²) in [5, 5.41) is 10.1. The molecule has 1 aliphatic heterocycles. The smallest absolute Gasteiger partial charge is 0.146 e. The molecule has 0 bridgehead atoms. The van der Waals surface area contributed by atoms with E-state index in [0.29, 0.717) is 0 Å². The fourth-order valence-corrected chi connectivity index (χ4v) is 3.01. The Bertz CT molecular complexity index is 673. The number of unbranched alkanes of at least 4 members (excludes halogenated alkanes) is 1. The number of aliphatic hydroxyl groups excluding tert-OH is 1. The van der Waals surface area contributed by atoms with E-state index < -0.39 is 6.23 Å². The summed E-state index contributed by atoms with van der Waals surface area (Å²) in [5.74, 6) is 0. The van der Waals surface area contributed by atoms with Gasteiger partial charge in [-0.05, 0) is 35.6 Å². The van der Waals surface area contributed by atoms with Crippen molar-refractivity contribution in [3.05, 3.63) is 59.7 Å². The van der Waals surface area contributed by atoms with Crippen LogP contribution >= 0.6 is 0 Å². The summed E-state index contributed by atoms with van der Waals surface area (Å²) in [6.45, 7) is 2.22. The highest BCUT2D eigenvalue weighted by molar-refractivity contribution is 5.87. The van der Waals surface area contributed by atoms with E-state index in [-0.39, 0.29) is 0 Å². The first kappa shape index (κ1) is 14.9. The molecule has 1 N–H and O–H groups in total. The summed E-state index contributed by atoms with van der Waals surface area (Å²) < 4.78 is 0. The number of fused-ring (bicyclic) bond motifs is 1. The molecular formula is C20H23NO. The third-order valence-electron chi connectivity index (χ3n) is 4.35. The fraction of sp³-hybridized carbons (Fsp3) is 0.300. The van der Waals surface area contributed by atoms with Crippen molar-refractivity contribution in [2.45, 2.75) is 32.4 Å². The molecular weight excluding hydrogens is 270 g/mol. The van der Waals surface area contributed by atoms with Crippen molar-refractivity contribution in [1.29, 1.82) is 0 Å². The molecule has 0 amide bonds. The van der Waals surface area contributed by atoms with E-state index in [1.165, 1.54) is 29.5 Å². The molecule has 0 radical (unpaired) electrons. The molecule has 0 aromatic heterocycles. The number of hydrogen-bond donors (Lipinski definition) is 1. The van der Waals surface area contributed by atoms with Crippen LogP contribution in [0.15, 0.2) is 48.5 Å². The highest BCUT2D eigenvalue weighted by atomic mass is 16.3. The topological polar surface area (TPSA) is 23.5 Å². The molecule has 2 aromatic carbocycles. The molecule has 22 heavy (non-hydrogen) atoms. The number of aryl methyl sites for hydroxylation is 1. The normalized spacial score (nSPS) is 16.7. The van der Waals surface area contributed by atoms with Gasteiger partial charge in [-0.15, -0.1) is 0 Å². The maximum Gasteiger partial charge on any atom is 0.146 e. The molecule has 2 heteroatoms. The summed E-state index contributed by atoms with van der Waals surface area (Å²) in [6, 6.07) is 15.1. The Morgan fingerprint density at radius 2 is 1.86 bits per heavy atom. The Morgan fingerprint density at radius 1 is 1.09 bits per heavy atom. The van der Waals surface area contributed by atoms with Gasteiger partial charge in [0.05, 0.1) is 5.69 Å². The van der Waals surface area contributed by atoms with Gasteiger partial charge in [-0.1, -0.05) is 61.9 Å². The average molecular weight is 293 g/mol. The maximum absolute atomic E-state index is 10.1. The number of rotatable bonds is 4. The lowest BCUT2D eigenvalue weighted by Crippen LogP contribution is -2.32. The van der Waals surface area contributed by atoms with Crippen molar-refractivity contribution in [1.82, 2.24) is 0 Å². The Labute approximate surface area is 132 Å². The second-order valence-corrected chi connectivity index (χ2v) is 5.93. The van der Waals surface area contributed by atoms with Gasteiger partial charge in [0.1, 0.15) is 6.23 Å². The molecule has 114 valence electrons. The maximum atomic E-state index is 10.1. The molecule has 1 atom stereocenters. The summed E-state index contributed by atoms with van der Waals surface area (Å²) in [4.78, 5) is 1.93. The standard InChI is InChI=1S/C20H23NO/c1-3-4-6-15-9-11-16(12-10-15)18-8-5-7-17-13-14-19(22)21(2)20(17)18/h5,7-14,19,22H,3-4,6H2,1-2H3. The number of benzene rings is 2. The van der Waals surface area contributed by atoms with Gasteiger partial charge in [-0.25, -0.2) is 0 Å². The molecule has 0 spiro atoms. The van der Waals surface area contributed by atoms with Gasteiger partial charge in [-0.2, -0.15) is 0 Å². The van der Waals surface area contributed by atoms with Crippen LogP contribution in [-0.4, -0.2) is 18.4 Å². The number of anilines is 1. The first-order valence-electron chi connectivity index (χ1n) is 8.02. The predicted molar refractivity (Wildman–Crippen MR) is 93.9 cm³/mol. The van der Waals surface area contributed by atoms with Gasteiger partial charge < -0.3 is 10.0 Å². The predicted octanol–water partition coefficient (Wildman–Crippen LogP) is 4.48. The minimum atomic E-state index is -0.558. The molecule has 1 aliphatic rings. The second-order valence-electron chi connectivity index (χ2n) is 5.93. The fourth-order valence-electron chi connectivity index (χ4n) is 3.01. The molecule has 3 rings (SSSR count). The van der Waals surface area contributed by atoms with E-state index in [4.69, 9.17) is 0 Å². The van der Waals surface area contributed by atoms with E-state index in [9.17, 15) is 5.11 Å². The Balaban J connectivity index is 1.97. The zero-order valence-electron chi connectivity index (χ0n) is 13.3. The highest BCUT2D eigenvalue weighted by Gasteiger charge is 2.20. The van der Waals surface area contributed by atoms with Gasteiger partial charge in [0.25, 0.3) is 0 Å². The first-order valence-corrected chi connectivity index (χ1v) is 8.02. The Morgan fingerprint density at radius 3 is 2.59 bits per heavy atom. The molecule has 0 saturated carbocycles. The van der Waals surface area contributed by atoms with Crippen LogP contribution in [0.25, 0.3) is 17.2 Å². The first-order chi connectivity index (χ1) is 10.7. The quantitative estimate of drug-likeness (QED) is 0.898. The minimum Gasteiger partial charge on any atom is -0.370 e. The number of nitrogens with zero attached hydrogens (tertiary/aromatic N) is 1. The van der Waals surface area contributed by atoms with Crippen LogP contribution in [0.1, 0.15) is 30.9 Å². The van der Waals surface area contributed by atoms with Crippen molar-refractivity contribution < 1.29 is 5.11 Å². The monoisotopic (exact) mass is 293 g/mol. The molecule has 1 unspecified atom stereocenters. The number of aliphatic hydroxyl groups is 1. The van der Waals surface area contributed by atoms with Gasteiger partial charge in [0, 0.05) is 12.6 Å². The summed E-state index contributed by atoms with van der Waals surface area (Å²) in [7, 11) is 1.94. The lowest BCUT2D eigenvalue weighted by atomic mass is 9.95. The van der Waals surface area contributed by atoms with Crippen LogP contribution in [0.2, 0.25) is 0 Å². The number of para-hydroxylation sites is 1. The van der Waals surface area contributed by atoms with Gasteiger partial charge in [0.15, 0.2) is 0 Å². The molecule has 2 aromatic rings. The summed E-state index contributed by atoms with van der Waals surface area (Å²) in [5.41, 5.74) is 6.01. The van der Waals surface area contributed by atoms with Crippen LogP contribution in [0.5, 0.6) is 0 Å². The van der Waals surface area contributed by atoms with Crippen LogP contribution in [-0.2, 0) is 6.42 Å². The lowest BCUT2D eigenvalue weighted by Gasteiger charge is -2.31. The van der Waals surface area contributed by atoms with Gasteiger partial charge in [-0.3, -0.25) is 0 Å². The zero-order valence-corrected chi connectivity index (χ0v) is 13.3. The molecule has 1 heterocycles. The molecule has 2 nitrogen and oxygen atoms in total. The van der Waals surface area contributed by atoms with Crippen molar-refractivity contribution >= 4 is 11.8 Å². The second kappa shape index (κ2) is 6.37. The van der Waals surface area contributed by atoms with Crippen molar-refractivity contribution in [2.75, 3.05) is 11.9 Å². The SMILES string of the molecule is CCCCc1ccc(-c2cccc3c2N(C)C(O)C=C3)cc1. The molecule has 0 aliphatic carbocycles. The van der Waals surface area contributed by atoms with Crippen LogP contribution < -0.4 is 4.90 Å². The Hall–Kier alpha value is -2.06. The van der Waals surface area contributed by atoms with Crippen molar-refractivity contribution in [3.63, 3.8) is 0 Å². The summed E-state index contributed by atoms with van der Waals surface area (Å²) >= 11 is 0. The third kappa shape index (κ3) is 2.79. The van der Waals surface area contributed by atoms with E-state index in [2.05, 4.69) is 49.4 Å². The van der Waals surface area contributed by atoms with E-state index in [1.54, 1.807) is 0 Å². The van der Waals surface area contributed by atoms with E-state index in [0.717, 1.165) is 17.7 Å². The largest absolute Gasteiger partial charge is 0.370 e. The van der Waals surface area contributed by atoms with Gasteiger partial charge >= 0.3 is 0 Å². The number of likely N-dealkylation sites (N-methyl/N-ethyl adjacent to an activating group) is 1. The molecule has 0 fully saturated rings. The average Bonchev–Trinajstić information content (AvgIpc) is 2.56. The summed E-state index contributed by atoms with van der Waals surface area (Å²) in [6.07, 6.45) is 6.87. The highest BCUT2D eigenvalue weighted by Crippen LogP contribution is 2.37. The van der Waals surface area contributed by atoms with Crippen molar-refractivity contribution in [3.8, 4) is 11.1 Å². The van der Waals surface area contributed by atoms with Gasteiger partial charge in [0.2, 0.25) is 0 Å². The van der Waals surface area contributed by atoms with Crippen molar-refractivity contribution in [2.24, 2.45) is 0 Å². The van der Waals surface area contributed by atoms with E-state index >= 15 is 0 Å². The zero-order chi connectivity index (χ0) is 15.5. The molecule has 0 saturated heterocycles. The third-order valence-corrected chi connectivity index (χ3v) is 4.35. The van der Waals surface area contributed by atoms with Crippen LogP contribution in [0.3, 0.4) is 0 Å². The van der Waals surface area contributed by atoms with Crippen LogP contribution in [0.4, 0.5) is 5.69 Å². The minimum absolute atomic E-state index is 0.558. The number of hydrogen-bond acceptors (Lipinski definition) is 2.